The number of nitrogens with zero attached hydrogens (tertiary/aromatic N) is 1. The summed E-state index contributed by atoms with van der Waals surface area (Å²) in [5.41, 5.74) is 2.20. The van der Waals surface area contributed by atoms with E-state index in [0.717, 1.165) is 16.0 Å². The number of nitrogens with one attached hydrogen (secondary N) is 2. The highest BCUT2D eigenvalue weighted by Gasteiger charge is 2.18. The maximum atomic E-state index is 11.3. The molecule has 0 saturated heterocycles. The lowest BCUT2D eigenvalue weighted by Gasteiger charge is -2.20. The van der Waals surface area contributed by atoms with Crippen LogP contribution in [0.4, 0.5) is 11.4 Å². The fourth-order valence-corrected chi connectivity index (χ4v) is 2.58. The fraction of sp³-hybridized carbons (Fsp3) is 0.143. The molecule has 0 aliphatic carbocycles. The Balaban J connectivity index is 1.78. The van der Waals surface area contributed by atoms with Gasteiger partial charge in [-0.3, -0.25) is 4.79 Å². The Kier molecular flexibility index (Phi) is 3.98. The van der Waals surface area contributed by atoms with Gasteiger partial charge in [-0.05, 0) is 34.1 Å². The zero-order valence-electron chi connectivity index (χ0n) is 10.8. The van der Waals surface area contributed by atoms with Crippen LogP contribution in [0.5, 0.6) is 5.75 Å². The second kappa shape index (κ2) is 5.91. The van der Waals surface area contributed by atoms with Crippen LogP contribution in [-0.2, 0) is 11.3 Å². The first-order valence-corrected chi connectivity index (χ1v) is 7.40. The number of hydrogen-bond donors (Lipinski definition) is 2. The topological polar surface area (TPSA) is 63.2 Å². The minimum Gasteiger partial charge on any atom is -0.482 e. The molecule has 2 aromatic rings. The molecule has 1 aliphatic heterocycles. The third-order valence-electron chi connectivity index (χ3n) is 2.93. The van der Waals surface area contributed by atoms with E-state index >= 15 is 0 Å². The van der Waals surface area contributed by atoms with Crippen LogP contribution in [0.1, 0.15) is 5.69 Å². The molecule has 0 unspecified atom stereocenters. The van der Waals surface area contributed by atoms with Gasteiger partial charge >= 0.3 is 0 Å². The largest absolute Gasteiger partial charge is 0.482 e. The molecule has 1 aliphatic rings. The predicted molar refractivity (Wildman–Crippen MR) is 84.8 cm³/mol. The molecule has 0 fully saturated rings. The highest BCUT2D eigenvalue weighted by molar-refractivity contribution is 9.10. The number of aromatic nitrogens is 1. The average molecular weight is 369 g/mol. The van der Waals surface area contributed by atoms with Crippen molar-refractivity contribution in [2.45, 2.75) is 6.54 Å². The molecule has 0 radical (unpaired) electrons. The van der Waals surface area contributed by atoms with Crippen LogP contribution in [0, 0.1) is 0 Å². The van der Waals surface area contributed by atoms with Crippen LogP contribution in [0.2, 0.25) is 5.02 Å². The monoisotopic (exact) mass is 367 g/mol. The molecule has 5 nitrogen and oxygen atoms in total. The predicted octanol–water partition coefficient (Wildman–Crippen LogP) is 3.44. The number of hydrogen-bond acceptors (Lipinski definition) is 4. The minimum absolute atomic E-state index is 0.0151. The van der Waals surface area contributed by atoms with Gasteiger partial charge in [0, 0.05) is 6.07 Å². The molecule has 0 bridgehead atoms. The number of benzene rings is 1. The second-order valence-electron chi connectivity index (χ2n) is 4.47. The normalized spacial score (nSPS) is 13.1. The van der Waals surface area contributed by atoms with E-state index in [4.69, 9.17) is 16.3 Å². The molecule has 1 amide bonds. The Morgan fingerprint density at radius 1 is 1.43 bits per heavy atom. The quantitative estimate of drug-likeness (QED) is 0.815. The van der Waals surface area contributed by atoms with Gasteiger partial charge < -0.3 is 15.4 Å². The van der Waals surface area contributed by atoms with E-state index in [2.05, 4.69) is 31.5 Å². The highest BCUT2D eigenvalue weighted by Crippen LogP contribution is 2.36. The summed E-state index contributed by atoms with van der Waals surface area (Å²) >= 11 is 9.54. The maximum absolute atomic E-state index is 11.3. The summed E-state index contributed by atoms with van der Waals surface area (Å²) in [7, 11) is 0. The molecule has 7 heteroatoms. The summed E-state index contributed by atoms with van der Waals surface area (Å²) in [4.78, 5) is 15.6. The second-order valence-corrected chi connectivity index (χ2v) is 5.69. The van der Waals surface area contributed by atoms with Crippen LogP contribution >= 0.6 is 27.5 Å². The molecular weight excluding hydrogens is 358 g/mol. The van der Waals surface area contributed by atoms with Crippen molar-refractivity contribution in [2.75, 3.05) is 17.2 Å². The molecule has 1 aromatic carbocycles. The van der Waals surface area contributed by atoms with Crippen molar-refractivity contribution < 1.29 is 9.53 Å². The van der Waals surface area contributed by atoms with Crippen molar-refractivity contribution in [3.63, 3.8) is 0 Å². The number of amides is 1. The Bertz CT molecular complexity index is 709. The lowest BCUT2D eigenvalue weighted by molar-refractivity contribution is -0.118. The zero-order valence-corrected chi connectivity index (χ0v) is 13.2. The standard InChI is InChI=1S/C14H11BrClN3O2/c15-13-3-1-2-8(18-13)6-17-10-5-12-11(4-9(10)16)19-14(20)7-21-12/h1-5,17H,6-7H2,(H,19,20). The van der Waals surface area contributed by atoms with E-state index in [1.54, 1.807) is 12.1 Å². The van der Waals surface area contributed by atoms with E-state index in [1.807, 2.05) is 18.2 Å². The van der Waals surface area contributed by atoms with Crippen molar-refractivity contribution in [2.24, 2.45) is 0 Å². The van der Waals surface area contributed by atoms with Gasteiger partial charge in [0.2, 0.25) is 0 Å². The number of rotatable bonds is 3. The molecule has 21 heavy (non-hydrogen) atoms. The van der Waals surface area contributed by atoms with E-state index < -0.39 is 0 Å². The average Bonchev–Trinajstić information content (AvgIpc) is 2.45. The summed E-state index contributed by atoms with van der Waals surface area (Å²) in [6.45, 7) is 0.547. The van der Waals surface area contributed by atoms with Gasteiger partial charge in [0.05, 0.1) is 28.6 Å². The number of anilines is 2. The van der Waals surface area contributed by atoms with Gasteiger partial charge in [0.15, 0.2) is 6.61 Å². The number of pyridine rings is 1. The first-order valence-electron chi connectivity index (χ1n) is 6.23. The van der Waals surface area contributed by atoms with Gasteiger partial charge in [-0.1, -0.05) is 17.7 Å². The van der Waals surface area contributed by atoms with E-state index in [9.17, 15) is 4.79 Å². The van der Waals surface area contributed by atoms with Gasteiger partial charge in [-0.25, -0.2) is 4.98 Å². The first-order chi connectivity index (χ1) is 10.1. The number of ether oxygens (including phenoxy) is 1. The smallest absolute Gasteiger partial charge is 0.262 e. The number of halogens is 2. The molecule has 0 spiro atoms. The van der Waals surface area contributed by atoms with Crippen molar-refractivity contribution in [3.8, 4) is 5.75 Å². The summed E-state index contributed by atoms with van der Waals surface area (Å²) in [6, 6.07) is 9.15. The zero-order chi connectivity index (χ0) is 14.8. The molecule has 2 heterocycles. The van der Waals surface area contributed by atoms with Crippen molar-refractivity contribution in [1.29, 1.82) is 0 Å². The highest BCUT2D eigenvalue weighted by atomic mass is 79.9. The summed E-state index contributed by atoms with van der Waals surface area (Å²) < 4.78 is 6.15. The van der Waals surface area contributed by atoms with Crippen molar-refractivity contribution in [3.05, 3.63) is 45.7 Å². The van der Waals surface area contributed by atoms with Gasteiger partial charge in [0.1, 0.15) is 10.4 Å². The SMILES string of the molecule is O=C1COc2cc(NCc3cccc(Br)n3)c(Cl)cc2N1. The Morgan fingerprint density at radius 3 is 3.10 bits per heavy atom. The number of carbonyl (C=O) groups is 1. The Morgan fingerprint density at radius 2 is 2.29 bits per heavy atom. The Hall–Kier alpha value is -1.79. The number of carbonyl (C=O) groups excluding carboxylic acids is 1. The lowest BCUT2D eigenvalue weighted by Crippen LogP contribution is -2.25. The van der Waals surface area contributed by atoms with Crippen LogP contribution in [0.25, 0.3) is 0 Å². The van der Waals surface area contributed by atoms with Gasteiger partial charge in [0.25, 0.3) is 5.91 Å². The van der Waals surface area contributed by atoms with Gasteiger partial charge in [-0.15, -0.1) is 0 Å². The Labute approximate surface area is 134 Å². The van der Waals surface area contributed by atoms with Crippen molar-refractivity contribution >= 4 is 44.8 Å². The fourth-order valence-electron chi connectivity index (χ4n) is 1.97. The van der Waals surface area contributed by atoms with Crippen LogP contribution in [0.3, 0.4) is 0 Å². The molecule has 0 saturated carbocycles. The molecule has 1 aromatic heterocycles. The van der Waals surface area contributed by atoms with Crippen molar-refractivity contribution in [1.82, 2.24) is 4.98 Å². The molecule has 3 rings (SSSR count). The lowest BCUT2D eigenvalue weighted by atomic mass is 10.2. The molecular formula is C14H11BrClN3O2. The third kappa shape index (κ3) is 3.28. The minimum atomic E-state index is -0.183. The first kappa shape index (κ1) is 14.2. The molecule has 2 N–H and O–H groups in total. The number of fused-ring (bicyclic) bond motifs is 1. The van der Waals surface area contributed by atoms with Gasteiger partial charge in [-0.2, -0.15) is 0 Å². The summed E-state index contributed by atoms with van der Waals surface area (Å²) in [6.07, 6.45) is 0. The van der Waals surface area contributed by atoms with E-state index in [1.165, 1.54) is 0 Å². The maximum Gasteiger partial charge on any atom is 0.262 e. The summed E-state index contributed by atoms with van der Waals surface area (Å²) in [5.74, 6) is 0.418. The van der Waals surface area contributed by atoms with E-state index in [-0.39, 0.29) is 12.5 Å². The molecule has 0 atom stereocenters. The van der Waals surface area contributed by atoms with Crippen LogP contribution in [0.15, 0.2) is 34.9 Å². The summed E-state index contributed by atoms with van der Waals surface area (Å²) in [5, 5.41) is 6.43. The third-order valence-corrected chi connectivity index (χ3v) is 3.69. The van der Waals surface area contributed by atoms with Crippen LogP contribution < -0.4 is 15.4 Å². The molecule has 108 valence electrons. The van der Waals surface area contributed by atoms with E-state index in [0.29, 0.717) is 23.0 Å². The van der Waals surface area contributed by atoms with Crippen LogP contribution in [-0.4, -0.2) is 17.5 Å².